The van der Waals surface area contributed by atoms with Gasteiger partial charge in [-0.2, -0.15) is 0 Å². The van der Waals surface area contributed by atoms with Gasteiger partial charge in [-0.3, -0.25) is 10.1 Å². The van der Waals surface area contributed by atoms with E-state index < -0.39 is 4.92 Å². The number of benzene rings is 1. The Morgan fingerprint density at radius 3 is 2.74 bits per heavy atom. The Morgan fingerprint density at radius 1 is 1.37 bits per heavy atom. The van der Waals surface area contributed by atoms with E-state index in [2.05, 4.69) is 0 Å². The van der Waals surface area contributed by atoms with Crippen LogP contribution in [0.25, 0.3) is 0 Å². The van der Waals surface area contributed by atoms with Gasteiger partial charge in [0.15, 0.2) is 0 Å². The predicted molar refractivity (Wildman–Crippen MR) is 71.3 cm³/mol. The van der Waals surface area contributed by atoms with Crippen LogP contribution in [0.5, 0.6) is 5.75 Å². The number of nitrogens with zero attached hydrogens (tertiary/aromatic N) is 1. The zero-order valence-electron chi connectivity index (χ0n) is 11.0. The first-order valence-corrected chi connectivity index (χ1v) is 6.60. The lowest BCUT2D eigenvalue weighted by Gasteiger charge is -2.27. The Labute approximate surface area is 112 Å². The summed E-state index contributed by atoms with van der Waals surface area (Å²) >= 11 is 0. The molecule has 1 aliphatic rings. The van der Waals surface area contributed by atoms with E-state index in [1.807, 2.05) is 6.07 Å². The quantitative estimate of drug-likeness (QED) is 0.671. The van der Waals surface area contributed by atoms with Crippen molar-refractivity contribution in [2.75, 3.05) is 7.11 Å². The molecule has 19 heavy (non-hydrogen) atoms. The van der Waals surface area contributed by atoms with Gasteiger partial charge in [-0.25, -0.2) is 0 Å². The highest BCUT2D eigenvalue weighted by Crippen LogP contribution is 2.30. The van der Waals surface area contributed by atoms with Crippen molar-refractivity contribution < 1.29 is 14.8 Å². The Kier molecular flexibility index (Phi) is 4.37. The fraction of sp³-hybridized carbons (Fsp3) is 0.571. The maximum absolute atomic E-state index is 10.9. The average molecular weight is 265 g/mol. The molecule has 1 saturated carbocycles. The number of hydrogen-bond donors (Lipinski definition) is 1. The first-order chi connectivity index (χ1) is 9.10. The van der Waals surface area contributed by atoms with Crippen LogP contribution in [-0.2, 0) is 6.42 Å². The van der Waals surface area contributed by atoms with Crippen molar-refractivity contribution in [1.82, 2.24) is 0 Å². The van der Waals surface area contributed by atoms with Crippen LogP contribution in [0.1, 0.15) is 31.2 Å². The smallest absolute Gasteiger partial charge is 0.273 e. The van der Waals surface area contributed by atoms with Crippen LogP contribution in [-0.4, -0.2) is 23.2 Å². The molecule has 5 nitrogen and oxygen atoms in total. The third-order valence-corrected chi connectivity index (χ3v) is 3.76. The molecule has 1 aliphatic carbocycles. The zero-order chi connectivity index (χ0) is 13.8. The van der Waals surface area contributed by atoms with Crippen LogP contribution in [0.15, 0.2) is 18.2 Å². The molecule has 0 spiro atoms. The summed E-state index contributed by atoms with van der Waals surface area (Å²) in [5.41, 5.74) is 0.900. The first-order valence-electron chi connectivity index (χ1n) is 6.60. The van der Waals surface area contributed by atoms with Gasteiger partial charge in [-0.1, -0.05) is 12.8 Å². The van der Waals surface area contributed by atoms with Gasteiger partial charge >= 0.3 is 0 Å². The summed E-state index contributed by atoms with van der Waals surface area (Å²) in [4.78, 5) is 10.5. The highest BCUT2D eigenvalue weighted by molar-refractivity contribution is 5.43. The number of hydrogen-bond acceptors (Lipinski definition) is 4. The summed E-state index contributed by atoms with van der Waals surface area (Å²) in [7, 11) is 1.50. The van der Waals surface area contributed by atoms with Crippen molar-refractivity contribution in [1.29, 1.82) is 0 Å². The Morgan fingerprint density at radius 2 is 2.11 bits per heavy atom. The lowest BCUT2D eigenvalue weighted by atomic mass is 9.82. The van der Waals surface area contributed by atoms with Crippen LogP contribution in [0.2, 0.25) is 0 Å². The van der Waals surface area contributed by atoms with Gasteiger partial charge in [0.1, 0.15) is 5.75 Å². The minimum atomic E-state index is -0.413. The molecule has 1 aromatic rings. The zero-order valence-corrected chi connectivity index (χ0v) is 11.0. The SMILES string of the molecule is COc1cc(CC2CCCCC2O)cc([N+](=O)[O-])c1. The van der Waals surface area contributed by atoms with Crippen LogP contribution < -0.4 is 4.74 Å². The van der Waals surface area contributed by atoms with Crippen LogP contribution in [0.4, 0.5) is 5.69 Å². The number of non-ortho nitro benzene ring substituents is 1. The molecule has 2 rings (SSSR count). The third kappa shape index (κ3) is 3.44. The summed E-state index contributed by atoms with van der Waals surface area (Å²) in [6, 6.07) is 4.80. The molecule has 2 unspecified atom stereocenters. The van der Waals surface area contributed by atoms with Crippen molar-refractivity contribution in [3.8, 4) is 5.75 Å². The van der Waals surface area contributed by atoms with Crippen molar-refractivity contribution in [2.45, 2.75) is 38.2 Å². The summed E-state index contributed by atoms with van der Waals surface area (Å²) in [5, 5.41) is 20.8. The summed E-state index contributed by atoms with van der Waals surface area (Å²) in [5.74, 6) is 0.690. The van der Waals surface area contributed by atoms with Crippen molar-refractivity contribution in [3.63, 3.8) is 0 Å². The second kappa shape index (κ2) is 6.02. The van der Waals surface area contributed by atoms with Gasteiger partial charge in [0, 0.05) is 6.07 Å². The second-order valence-electron chi connectivity index (χ2n) is 5.11. The van der Waals surface area contributed by atoms with E-state index >= 15 is 0 Å². The maximum atomic E-state index is 10.9. The molecule has 104 valence electrons. The lowest BCUT2D eigenvalue weighted by Crippen LogP contribution is -2.26. The molecule has 1 fully saturated rings. The number of rotatable bonds is 4. The van der Waals surface area contributed by atoms with E-state index in [4.69, 9.17) is 4.74 Å². The number of nitro groups is 1. The number of aliphatic hydroxyl groups excluding tert-OH is 1. The molecule has 1 N–H and O–H groups in total. The Bertz CT molecular complexity index is 461. The second-order valence-corrected chi connectivity index (χ2v) is 5.11. The summed E-state index contributed by atoms with van der Waals surface area (Å²) < 4.78 is 5.09. The number of aliphatic hydroxyl groups is 1. The number of methoxy groups -OCH3 is 1. The fourth-order valence-electron chi connectivity index (χ4n) is 2.71. The molecule has 0 heterocycles. The van der Waals surface area contributed by atoms with E-state index in [0.29, 0.717) is 12.2 Å². The van der Waals surface area contributed by atoms with Gasteiger partial charge in [0.25, 0.3) is 5.69 Å². The van der Waals surface area contributed by atoms with E-state index in [1.54, 1.807) is 6.07 Å². The molecule has 2 atom stereocenters. The number of nitro benzene ring substituents is 1. The molecule has 1 aromatic carbocycles. The monoisotopic (exact) mass is 265 g/mol. The number of ether oxygens (including phenoxy) is 1. The van der Waals surface area contributed by atoms with Gasteiger partial charge in [0.2, 0.25) is 0 Å². The van der Waals surface area contributed by atoms with E-state index in [9.17, 15) is 15.2 Å². The lowest BCUT2D eigenvalue weighted by molar-refractivity contribution is -0.385. The van der Waals surface area contributed by atoms with Gasteiger partial charge < -0.3 is 9.84 Å². The van der Waals surface area contributed by atoms with Crippen molar-refractivity contribution in [2.24, 2.45) is 5.92 Å². The largest absolute Gasteiger partial charge is 0.496 e. The van der Waals surface area contributed by atoms with Gasteiger partial charge in [-0.15, -0.1) is 0 Å². The minimum Gasteiger partial charge on any atom is -0.496 e. The van der Waals surface area contributed by atoms with Crippen LogP contribution in [0.3, 0.4) is 0 Å². The van der Waals surface area contributed by atoms with E-state index in [0.717, 1.165) is 31.2 Å². The molecule has 0 aromatic heterocycles. The van der Waals surface area contributed by atoms with E-state index in [-0.39, 0.29) is 17.7 Å². The normalized spacial score (nSPS) is 23.1. The van der Waals surface area contributed by atoms with Crippen molar-refractivity contribution >= 4 is 5.69 Å². The topological polar surface area (TPSA) is 72.6 Å². The molecule has 0 amide bonds. The van der Waals surface area contributed by atoms with Gasteiger partial charge in [-0.05, 0) is 36.8 Å². The average Bonchev–Trinajstić information content (AvgIpc) is 2.41. The van der Waals surface area contributed by atoms with E-state index in [1.165, 1.54) is 13.2 Å². The highest BCUT2D eigenvalue weighted by Gasteiger charge is 2.24. The molecule has 0 saturated heterocycles. The molecule has 0 radical (unpaired) electrons. The Balaban J connectivity index is 2.18. The maximum Gasteiger partial charge on any atom is 0.273 e. The van der Waals surface area contributed by atoms with Crippen molar-refractivity contribution in [3.05, 3.63) is 33.9 Å². The van der Waals surface area contributed by atoms with Gasteiger partial charge in [0.05, 0.1) is 24.2 Å². The highest BCUT2D eigenvalue weighted by atomic mass is 16.6. The summed E-state index contributed by atoms with van der Waals surface area (Å²) in [6.07, 6.45) is 4.37. The predicted octanol–water partition coefficient (Wildman–Crippen LogP) is 2.70. The van der Waals surface area contributed by atoms with Crippen LogP contribution in [0, 0.1) is 16.0 Å². The standard InChI is InChI=1S/C14H19NO4/c1-19-13-8-10(7-12(9-13)15(17)18)6-11-4-2-3-5-14(11)16/h7-9,11,14,16H,2-6H2,1H3. The fourth-order valence-corrected chi connectivity index (χ4v) is 2.71. The molecule has 5 heteroatoms. The molecular formula is C14H19NO4. The van der Waals surface area contributed by atoms with Crippen LogP contribution >= 0.6 is 0 Å². The summed E-state index contributed by atoms with van der Waals surface area (Å²) in [6.45, 7) is 0. The first kappa shape index (κ1) is 13.8. The Hall–Kier alpha value is -1.62. The minimum absolute atomic E-state index is 0.0413. The molecular weight excluding hydrogens is 246 g/mol. The molecule has 0 aliphatic heterocycles. The molecule has 0 bridgehead atoms. The third-order valence-electron chi connectivity index (χ3n) is 3.76.